The van der Waals surface area contributed by atoms with Crippen molar-refractivity contribution in [1.82, 2.24) is 15.1 Å². The Morgan fingerprint density at radius 2 is 2.06 bits per heavy atom. The van der Waals surface area contributed by atoms with Crippen LogP contribution < -0.4 is 11.1 Å². The monoisotopic (exact) mass is 256 g/mol. The fourth-order valence-electron chi connectivity index (χ4n) is 2.43. The van der Waals surface area contributed by atoms with E-state index in [1.807, 2.05) is 0 Å². The third-order valence-electron chi connectivity index (χ3n) is 3.78. The summed E-state index contributed by atoms with van der Waals surface area (Å²) in [4.78, 5) is 16.5. The zero-order valence-electron chi connectivity index (χ0n) is 12.0. The zero-order chi connectivity index (χ0) is 13.5. The van der Waals surface area contributed by atoms with Gasteiger partial charge in [-0.15, -0.1) is 0 Å². The van der Waals surface area contributed by atoms with Crippen molar-refractivity contribution in [3.8, 4) is 0 Å². The molecule has 5 nitrogen and oxygen atoms in total. The van der Waals surface area contributed by atoms with Crippen LogP contribution in [-0.4, -0.2) is 67.6 Å². The molecule has 1 saturated heterocycles. The smallest absolute Gasteiger partial charge is 0.234 e. The summed E-state index contributed by atoms with van der Waals surface area (Å²) in [5, 5.41) is 3.08. The fourth-order valence-corrected chi connectivity index (χ4v) is 2.43. The summed E-state index contributed by atoms with van der Waals surface area (Å²) in [6, 6.07) is 0.609. The molecule has 0 saturated carbocycles. The number of likely N-dealkylation sites (N-methyl/N-ethyl adjacent to an activating group) is 1. The maximum absolute atomic E-state index is 12.0. The summed E-state index contributed by atoms with van der Waals surface area (Å²) in [6.45, 7) is 8.19. The van der Waals surface area contributed by atoms with Crippen molar-refractivity contribution >= 4 is 5.91 Å². The number of piperazine rings is 1. The lowest BCUT2D eigenvalue weighted by molar-refractivity contribution is -0.124. The van der Waals surface area contributed by atoms with Crippen LogP contribution in [0.2, 0.25) is 0 Å². The molecule has 1 unspecified atom stereocenters. The molecule has 0 bridgehead atoms. The molecular formula is C13H28N4O. The topological polar surface area (TPSA) is 61.6 Å². The van der Waals surface area contributed by atoms with Gasteiger partial charge >= 0.3 is 0 Å². The van der Waals surface area contributed by atoms with E-state index in [1.165, 1.54) is 0 Å². The van der Waals surface area contributed by atoms with Gasteiger partial charge in [0.25, 0.3) is 0 Å². The summed E-state index contributed by atoms with van der Waals surface area (Å²) in [7, 11) is 2.10. The molecule has 1 aliphatic rings. The maximum atomic E-state index is 12.0. The third kappa shape index (κ3) is 4.55. The van der Waals surface area contributed by atoms with Gasteiger partial charge in [-0.2, -0.15) is 0 Å². The van der Waals surface area contributed by atoms with Gasteiger partial charge in [0.1, 0.15) is 0 Å². The highest BCUT2D eigenvalue weighted by Crippen LogP contribution is 2.07. The van der Waals surface area contributed by atoms with E-state index in [2.05, 4.69) is 36.0 Å². The summed E-state index contributed by atoms with van der Waals surface area (Å²) in [6.07, 6.45) is 1.98. The number of rotatable bonds is 6. The second-order valence-corrected chi connectivity index (χ2v) is 5.20. The minimum Gasteiger partial charge on any atom is -0.352 e. The van der Waals surface area contributed by atoms with Gasteiger partial charge in [-0.1, -0.05) is 13.8 Å². The van der Waals surface area contributed by atoms with Gasteiger partial charge in [0.05, 0.1) is 6.54 Å². The molecule has 1 fully saturated rings. The lowest BCUT2D eigenvalue weighted by atomic mass is 10.1. The molecule has 0 aromatic heterocycles. The van der Waals surface area contributed by atoms with Crippen molar-refractivity contribution in [2.24, 2.45) is 5.73 Å². The molecule has 0 aliphatic carbocycles. The first-order valence-corrected chi connectivity index (χ1v) is 7.02. The number of hydrogen-bond acceptors (Lipinski definition) is 4. The second-order valence-electron chi connectivity index (χ2n) is 5.20. The first-order chi connectivity index (χ1) is 8.60. The van der Waals surface area contributed by atoms with Gasteiger partial charge in [0.2, 0.25) is 5.91 Å². The molecule has 3 N–H and O–H groups in total. The van der Waals surface area contributed by atoms with Crippen LogP contribution in [-0.2, 0) is 4.79 Å². The molecule has 106 valence electrons. The number of carbonyl (C=O) groups excluding carboxylic acids is 1. The minimum absolute atomic E-state index is 0.131. The first-order valence-electron chi connectivity index (χ1n) is 7.02. The van der Waals surface area contributed by atoms with E-state index >= 15 is 0 Å². The molecule has 1 atom stereocenters. The highest BCUT2D eigenvalue weighted by molar-refractivity contribution is 5.78. The van der Waals surface area contributed by atoms with Crippen LogP contribution in [0.4, 0.5) is 0 Å². The number of nitrogens with zero attached hydrogens (tertiary/aromatic N) is 2. The quantitative estimate of drug-likeness (QED) is 0.695. The zero-order valence-corrected chi connectivity index (χ0v) is 12.0. The Morgan fingerprint density at radius 3 is 2.61 bits per heavy atom. The Bertz CT molecular complexity index is 255. The predicted molar refractivity (Wildman–Crippen MR) is 74.4 cm³/mol. The van der Waals surface area contributed by atoms with Crippen LogP contribution in [0.25, 0.3) is 0 Å². The van der Waals surface area contributed by atoms with Crippen molar-refractivity contribution in [3.63, 3.8) is 0 Å². The Kier molecular flexibility index (Phi) is 6.60. The van der Waals surface area contributed by atoms with Gasteiger partial charge < -0.3 is 16.0 Å². The van der Waals surface area contributed by atoms with E-state index in [0.717, 1.165) is 32.5 Å². The molecule has 5 heteroatoms. The van der Waals surface area contributed by atoms with Crippen molar-refractivity contribution in [2.75, 3.05) is 39.8 Å². The van der Waals surface area contributed by atoms with Gasteiger partial charge in [-0.25, -0.2) is 0 Å². The van der Waals surface area contributed by atoms with Crippen LogP contribution in [0.1, 0.15) is 26.7 Å². The fraction of sp³-hybridized carbons (Fsp3) is 0.923. The highest BCUT2D eigenvalue weighted by Gasteiger charge is 2.25. The van der Waals surface area contributed by atoms with Crippen molar-refractivity contribution in [2.45, 2.75) is 38.8 Å². The van der Waals surface area contributed by atoms with E-state index in [9.17, 15) is 4.79 Å². The molecule has 18 heavy (non-hydrogen) atoms. The number of hydrogen-bond donors (Lipinski definition) is 2. The molecule has 1 rings (SSSR count). The van der Waals surface area contributed by atoms with Gasteiger partial charge in [-0.3, -0.25) is 9.69 Å². The van der Waals surface area contributed by atoms with E-state index in [1.54, 1.807) is 0 Å². The highest BCUT2D eigenvalue weighted by atomic mass is 16.2. The van der Waals surface area contributed by atoms with Crippen molar-refractivity contribution < 1.29 is 4.79 Å². The SMILES string of the molecule is CCC(CC)NC(=O)CN1CCN(C)CC1CN. The summed E-state index contributed by atoms with van der Waals surface area (Å²) < 4.78 is 0. The molecule has 0 radical (unpaired) electrons. The van der Waals surface area contributed by atoms with Gasteiger partial charge in [-0.05, 0) is 19.9 Å². The average molecular weight is 256 g/mol. The average Bonchev–Trinajstić information content (AvgIpc) is 2.38. The van der Waals surface area contributed by atoms with Crippen molar-refractivity contribution in [1.29, 1.82) is 0 Å². The van der Waals surface area contributed by atoms with Crippen molar-refractivity contribution in [3.05, 3.63) is 0 Å². The number of carbonyl (C=O) groups is 1. The number of amides is 1. The van der Waals surface area contributed by atoms with Gasteiger partial charge in [0, 0.05) is 38.3 Å². The molecule has 1 aliphatic heterocycles. The van der Waals surface area contributed by atoms with Crippen LogP contribution >= 0.6 is 0 Å². The lowest BCUT2D eigenvalue weighted by Gasteiger charge is -2.39. The Labute approximate surface area is 111 Å². The van der Waals surface area contributed by atoms with E-state index in [-0.39, 0.29) is 5.91 Å². The third-order valence-corrected chi connectivity index (χ3v) is 3.78. The first kappa shape index (κ1) is 15.4. The van der Waals surface area contributed by atoms with E-state index < -0.39 is 0 Å². The molecule has 1 amide bonds. The molecule has 0 spiro atoms. The summed E-state index contributed by atoms with van der Waals surface area (Å²) in [5.41, 5.74) is 5.79. The van der Waals surface area contributed by atoms with Crippen LogP contribution in [0, 0.1) is 0 Å². The second kappa shape index (κ2) is 7.71. The van der Waals surface area contributed by atoms with Gasteiger partial charge in [0.15, 0.2) is 0 Å². The van der Waals surface area contributed by atoms with Crippen LogP contribution in [0.5, 0.6) is 0 Å². The number of nitrogens with one attached hydrogen (secondary N) is 1. The standard InChI is InChI=1S/C13H28N4O/c1-4-11(5-2)15-13(18)10-17-7-6-16(3)9-12(17)8-14/h11-12H,4-10,14H2,1-3H3,(H,15,18). The Morgan fingerprint density at radius 1 is 1.39 bits per heavy atom. The lowest BCUT2D eigenvalue weighted by Crippen LogP contribution is -2.57. The van der Waals surface area contributed by atoms with Crippen LogP contribution in [0.15, 0.2) is 0 Å². The Hall–Kier alpha value is -0.650. The predicted octanol–water partition coefficient (Wildman–Crippen LogP) is -0.134. The van der Waals surface area contributed by atoms with Crippen LogP contribution in [0.3, 0.4) is 0 Å². The van der Waals surface area contributed by atoms with E-state index in [0.29, 0.717) is 25.2 Å². The molecular weight excluding hydrogens is 228 g/mol. The molecule has 0 aromatic rings. The maximum Gasteiger partial charge on any atom is 0.234 e. The minimum atomic E-state index is 0.131. The summed E-state index contributed by atoms with van der Waals surface area (Å²) >= 11 is 0. The molecule has 0 aromatic carbocycles. The number of nitrogens with two attached hydrogens (primary N) is 1. The largest absolute Gasteiger partial charge is 0.352 e. The van der Waals surface area contributed by atoms with E-state index in [4.69, 9.17) is 5.73 Å². The summed E-state index contributed by atoms with van der Waals surface area (Å²) in [5.74, 6) is 0.131. The normalized spacial score (nSPS) is 22.4. The Balaban J connectivity index is 2.42. The molecule has 1 heterocycles.